The molecule has 0 saturated heterocycles. The summed E-state index contributed by atoms with van der Waals surface area (Å²) in [6.45, 7) is 0.539. The summed E-state index contributed by atoms with van der Waals surface area (Å²) in [7, 11) is 1.64. The van der Waals surface area contributed by atoms with E-state index in [-0.39, 0.29) is 12.0 Å². The molecule has 1 aliphatic heterocycles. The zero-order valence-corrected chi connectivity index (χ0v) is 14.4. The minimum absolute atomic E-state index is 0.00573. The van der Waals surface area contributed by atoms with E-state index in [2.05, 4.69) is 4.98 Å². The Morgan fingerprint density at radius 3 is 2.72 bits per heavy atom. The van der Waals surface area contributed by atoms with Crippen molar-refractivity contribution in [2.75, 3.05) is 12.0 Å². The fourth-order valence-electron chi connectivity index (χ4n) is 3.65. The fourth-order valence-corrected chi connectivity index (χ4v) is 3.65. The maximum absolute atomic E-state index is 12.7. The monoisotopic (exact) mass is 338 g/mol. The molecule has 25 heavy (non-hydrogen) atoms. The summed E-state index contributed by atoms with van der Waals surface area (Å²) < 4.78 is 11.7. The average molecular weight is 338 g/mol. The first-order valence-electron chi connectivity index (χ1n) is 8.85. The largest absolute Gasteiger partial charge is 0.493 e. The first-order chi connectivity index (χ1) is 12.3. The minimum atomic E-state index is 0.00573. The highest BCUT2D eigenvalue weighted by molar-refractivity contribution is 6.10. The molecule has 2 heterocycles. The van der Waals surface area contributed by atoms with Crippen LogP contribution in [0.5, 0.6) is 11.5 Å². The van der Waals surface area contributed by atoms with Crippen molar-refractivity contribution in [2.24, 2.45) is 0 Å². The third kappa shape index (κ3) is 3.06. The van der Waals surface area contributed by atoms with Crippen molar-refractivity contribution in [3.05, 3.63) is 47.8 Å². The van der Waals surface area contributed by atoms with Gasteiger partial charge in [0.1, 0.15) is 0 Å². The van der Waals surface area contributed by atoms with Gasteiger partial charge in [-0.3, -0.25) is 9.78 Å². The van der Waals surface area contributed by atoms with Crippen LogP contribution in [-0.4, -0.2) is 24.1 Å². The Morgan fingerprint density at radius 1 is 1.12 bits per heavy atom. The first-order valence-corrected chi connectivity index (χ1v) is 8.85. The number of carbonyl (C=O) groups excluding carboxylic acids is 1. The quantitative estimate of drug-likeness (QED) is 0.847. The Balaban J connectivity index is 1.61. The molecule has 1 aliphatic carbocycles. The van der Waals surface area contributed by atoms with E-state index >= 15 is 0 Å². The molecule has 0 unspecified atom stereocenters. The number of nitrogens with zero attached hydrogens (tertiary/aromatic N) is 2. The molecule has 5 nitrogen and oxygen atoms in total. The SMILES string of the molecule is COc1ccc(N2Cc3cnccc3C2=O)cc1OC1CCCCC1. The number of methoxy groups -OCH3 is 1. The maximum Gasteiger partial charge on any atom is 0.259 e. The van der Waals surface area contributed by atoms with Crippen molar-refractivity contribution >= 4 is 11.6 Å². The van der Waals surface area contributed by atoms with Gasteiger partial charge in [0.05, 0.1) is 19.8 Å². The molecule has 1 amide bonds. The van der Waals surface area contributed by atoms with Gasteiger partial charge in [0, 0.05) is 35.3 Å². The average Bonchev–Trinajstić information content (AvgIpc) is 3.00. The third-order valence-electron chi connectivity index (χ3n) is 5.01. The second-order valence-electron chi connectivity index (χ2n) is 6.64. The molecule has 1 fully saturated rings. The number of hydrogen-bond donors (Lipinski definition) is 0. The summed E-state index contributed by atoms with van der Waals surface area (Å²) >= 11 is 0. The van der Waals surface area contributed by atoms with E-state index in [9.17, 15) is 4.79 Å². The second kappa shape index (κ2) is 6.75. The van der Waals surface area contributed by atoms with E-state index in [0.717, 1.165) is 29.7 Å². The van der Waals surface area contributed by atoms with Gasteiger partial charge in [0.25, 0.3) is 5.91 Å². The fraction of sp³-hybridized carbons (Fsp3) is 0.400. The minimum Gasteiger partial charge on any atom is -0.493 e. The lowest BCUT2D eigenvalue weighted by molar-refractivity contribution is 0.0996. The van der Waals surface area contributed by atoms with Crippen molar-refractivity contribution < 1.29 is 14.3 Å². The molecular formula is C20H22N2O3. The van der Waals surface area contributed by atoms with Crippen LogP contribution in [0.2, 0.25) is 0 Å². The maximum atomic E-state index is 12.7. The number of carbonyl (C=O) groups is 1. The van der Waals surface area contributed by atoms with Gasteiger partial charge in [0.2, 0.25) is 0 Å². The van der Waals surface area contributed by atoms with Crippen LogP contribution in [0.25, 0.3) is 0 Å². The lowest BCUT2D eigenvalue weighted by atomic mass is 9.98. The summed E-state index contributed by atoms with van der Waals surface area (Å²) in [6, 6.07) is 7.48. The first kappa shape index (κ1) is 15.9. The van der Waals surface area contributed by atoms with E-state index in [0.29, 0.717) is 18.0 Å². The molecular weight excluding hydrogens is 316 g/mol. The van der Waals surface area contributed by atoms with Crippen LogP contribution in [0.1, 0.15) is 48.0 Å². The van der Waals surface area contributed by atoms with Crippen LogP contribution < -0.4 is 14.4 Å². The van der Waals surface area contributed by atoms with Crippen molar-refractivity contribution in [3.63, 3.8) is 0 Å². The predicted octanol–water partition coefficient (Wildman–Crippen LogP) is 3.96. The smallest absolute Gasteiger partial charge is 0.259 e. The van der Waals surface area contributed by atoms with Crippen LogP contribution in [0.4, 0.5) is 5.69 Å². The van der Waals surface area contributed by atoms with E-state index in [4.69, 9.17) is 9.47 Å². The predicted molar refractivity (Wildman–Crippen MR) is 95.2 cm³/mol. The van der Waals surface area contributed by atoms with Crippen LogP contribution in [-0.2, 0) is 6.54 Å². The molecule has 0 radical (unpaired) electrons. The number of anilines is 1. The zero-order valence-electron chi connectivity index (χ0n) is 14.4. The standard InChI is InChI=1S/C20H22N2O3/c1-24-18-8-7-15(11-19(18)25-16-5-3-2-4-6-16)22-13-14-12-21-10-9-17(14)20(22)23/h7-12,16H,2-6,13H2,1H3. The second-order valence-corrected chi connectivity index (χ2v) is 6.64. The van der Waals surface area contributed by atoms with Gasteiger partial charge in [-0.05, 0) is 43.9 Å². The molecule has 0 spiro atoms. The summed E-state index contributed by atoms with van der Waals surface area (Å²) in [5, 5.41) is 0. The van der Waals surface area contributed by atoms with Crippen molar-refractivity contribution in [3.8, 4) is 11.5 Å². The number of ether oxygens (including phenoxy) is 2. The normalized spacial score (nSPS) is 17.5. The third-order valence-corrected chi connectivity index (χ3v) is 5.01. The van der Waals surface area contributed by atoms with Gasteiger partial charge in [0.15, 0.2) is 11.5 Å². The number of benzene rings is 1. The van der Waals surface area contributed by atoms with Gasteiger partial charge in [-0.1, -0.05) is 6.42 Å². The number of pyridine rings is 1. The number of fused-ring (bicyclic) bond motifs is 1. The van der Waals surface area contributed by atoms with Crippen LogP contribution in [0.3, 0.4) is 0 Å². The topological polar surface area (TPSA) is 51.7 Å². The van der Waals surface area contributed by atoms with E-state index in [1.165, 1.54) is 19.3 Å². The lowest BCUT2D eigenvalue weighted by Crippen LogP contribution is -2.23. The summed E-state index contributed by atoms with van der Waals surface area (Å²) in [4.78, 5) is 18.6. The van der Waals surface area contributed by atoms with Crippen molar-refractivity contribution in [1.29, 1.82) is 0 Å². The van der Waals surface area contributed by atoms with E-state index in [1.54, 1.807) is 30.5 Å². The molecule has 1 aromatic carbocycles. The molecule has 2 aliphatic rings. The highest BCUT2D eigenvalue weighted by atomic mass is 16.5. The molecule has 0 bridgehead atoms. The Labute approximate surface area is 147 Å². The number of rotatable bonds is 4. The van der Waals surface area contributed by atoms with Gasteiger partial charge < -0.3 is 14.4 Å². The van der Waals surface area contributed by atoms with Gasteiger partial charge in [-0.2, -0.15) is 0 Å². The van der Waals surface area contributed by atoms with E-state index in [1.807, 2.05) is 18.2 Å². The summed E-state index contributed by atoms with van der Waals surface area (Å²) in [5.41, 5.74) is 2.51. The highest BCUT2D eigenvalue weighted by Crippen LogP contribution is 2.37. The summed E-state index contributed by atoms with van der Waals surface area (Å²) in [6.07, 6.45) is 9.50. The van der Waals surface area contributed by atoms with Crippen molar-refractivity contribution in [2.45, 2.75) is 44.8 Å². The van der Waals surface area contributed by atoms with Gasteiger partial charge in [-0.15, -0.1) is 0 Å². The molecule has 1 aromatic heterocycles. The highest BCUT2D eigenvalue weighted by Gasteiger charge is 2.29. The molecule has 4 rings (SSSR count). The molecule has 0 N–H and O–H groups in total. The van der Waals surface area contributed by atoms with Crippen molar-refractivity contribution in [1.82, 2.24) is 4.98 Å². The van der Waals surface area contributed by atoms with E-state index < -0.39 is 0 Å². The Morgan fingerprint density at radius 2 is 1.96 bits per heavy atom. The zero-order chi connectivity index (χ0) is 17.2. The number of amides is 1. The van der Waals surface area contributed by atoms with Crippen LogP contribution in [0.15, 0.2) is 36.7 Å². The molecule has 1 saturated carbocycles. The summed E-state index contributed by atoms with van der Waals surface area (Å²) in [5.74, 6) is 1.43. The molecule has 0 atom stereocenters. The van der Waals surface area contributed by atoms with Gasteiger partial charge >= 0.3 is 0 Å². The Kier molecular flexibility index (Phi) is 4.30. The lowest BCUT2D eigenvalue weighted by Gasteiger charge is -2.25. The Bertz CT molecular complexity index is 784. The molecule has 130 valence electrons. The van der Waals surface area contributed by atoms with Crippen LogP contribution in [0, 0.1) is 0 Å². The number of aromatic nitrogens is 1. The number of hydrogen-bond acceptors (Lipinski definition) is 4. The molecule has 2 aromatic rings. The Hall–Kier alpha value is -2.56. The van der Waals surface area contributed by atoms with Gasteiger partial charge in [-0.25, -0.2) is 0 Å². The van der Waals surface area contributed by atoms with Crippen LogP contribution >= 0.6 is 0 Å². The molecule has 5 heteroatoms.